The fourth-order valence-corrected chi connectivity index (χ4v) is 4.36. The van der Waals surface area contributed by atoms with E-state index in [4.69, 9.17) is 11.6 Å². The zero-order valence-electron chi connectivity index (χ0n) is 17.1. The first-order valence-corrected chi connectivity index (χ1v) is 11.5. The van der Waals surface area contributed by atoms with Crippen molar-refractivity contribution in [1.82, 2.24) is 10.1 Å². The van der Waals surface area contributed by atoms with Gasteiger partial charge in [-0.1, -0.05) is 65.7 Å². The summed E-state index contributed by atoms with van der Waals surface area (Å²) in [6.45, 7) is 1.86. The first-order chi connectivity index (χ1) is 15.3. The smallest absolute Gasteiger partial charge is 0.242 e. The van der Waals surface area contributed by atoms with Gasteiger partial charge in [0.05, 0.1) is 22.2 Å². The van der Waals surface area contributed by atoms with E-state index in [1.54, 1.807) is 42.5 Å². The van der Waals surface area contributed by atoms with Gasteiger partial charge in [0, 0.05) is 12.0 Å². The lowest BCUT2D eigenvalue weighted by molar-refractivity contribution is -0.121. The topological polar surface area (TPSA) is 87.6 Å². The summed E-state index contributed by atoms with van der Waals surface area (Å²) in [5, 5.41) is 3.90. The molecule has 3 rings (SSSR count). The number of hydrazone groups is 1. The molecule has 2 N–H and O–H groups in total. The summed E-state index contributed by atoms with van der Waals surface area (Å²) in [5.41, 5.74) is 3.86. The van der Waals surface area contributed by atoms with Crippen molar-refractivity contribution in [1.29, 1.82) is 0 Å². The Morgan fingerprint density at radius 1 is 1.06 bits per heavy atom. The van der Waals surface area contributed by atoms with E-state index in [9.17, 15) is 17.6 Å². The van der Waals surface area contributed by atoms with Crippen molar-refractivity contribution in [2.75, 3.05) is 0 Å². The molecule has 0 unspecified atom stereocenters. The molecule has 0 aliphatic heterocycles. The number of amides is 1. The van der Waals surface area contributed by atoms with Crippen LogP contribution >= 0.6 is 11.6 Å². The van der Waals surface area contributed by atoms with Crippen molar-refractivity contribution in [2.24, 2.45) is 5.10 Å². The van der Waals surface area contributed by atoms with Crippen LogP contribution < -0.4 is 10.1 Å². The third-order valence-corrected chi connectivity index (χ3v) is 6.42. The highest BCUT2D eigenvalue weighted by molar-refractivity contribution is 7.89. The summed E-state index contributed by atoms with van der Waals surface area (Å²) < 4.78 is 42.1. The SMILES string of the molecule is Cc1ccc(S(=O)(=O)N[C@H](CC(=O)N/N=C\c2c(F)cccc2Cl)c2ccccc2)cc1. The van der Waals surface area contributed by atoms with Crippen LogP contribution in [-0.2, 0) is 14.8 Å². The lowest BCUT2D eigenvalue weighted by Gasteiger charge is -2.18. The molecule has 0 saturated heterocycles. The van der Waals surface area contributed by atoms with Crippen molar-refractivity contribution in [3.05, 3.63) is 100 Å². The predicted molar refractivity (Wildman–Crippen MR) is 122 cm³/mol. The van der Waals surface area contributed by atoms with E-state index in [1.807, 2.05) is 6.92 Å². The Morgan fingerprint density at radius 2 is 1.75 bits per heavy atom. The van der Waals surface area contributed by atoms with Crippen molar-refractivity contribution >= 4 is 33.7 Å². The average molecular weight is 474 g/mol. The van der Waals surface area contributed by atoms with E-state index in [1.165, 1.54) is 30.3 Å². The minimum absolute atomic E-state index is 0.0362. The molecule has 3 aromatic carbocycles. The third-order valence-electron chi connectivity index (χ3n) is 4.60. The molecule has 0 saturated carbocycles. The number of benzene rings is 3. The number of aryl methyl sites for hydroxylation is 1. The standard InChI is InChI=1S/C23H21ClFN3O3S/c1-16-10-12-18(13-11-16)32(30,31)28-22(17-6-3-2-4-7-17)14-23(29)27-26-15-19-20(24)8-5-9-21(19)25/h2-13,15,22,28H,14H2,1H3,(H,27,29)/b26-15-/t22-/m1/s1. The zero-order chi connectivity index (χ0) is 23.1. The fourth-order valence-electron chi connectivity index (χ4n) is 2.92. The first kappa shape index (κ1) is 23.6. The maximum Gasteiger partial charge on any atom is 0.242 e. The van der Waals surface area contributed by atoms with E-state index < -0.39 is 27.8 Å². The lowest BCUT2D eigenvalue weighted by atomic mass is 10.0. The summed E-state index contributed by atoms with van der Waals surface area (Å²) in [4.78, 5) is 12.6. The normalized spacial score (nSPS) is 12.6. The maximum absolute atomic E-state index is 13.8. The molecule has 0 aliphatic rings. The predicted octanol–water partition coefficient (Wildman–Crippen LogP) is 4.35. The van der Waals surface area contributed by atoms with Crippen LogP contribution in [0.2, 0.25) is 5.02 Å². The largest absolute Gasteiger partial charge is 0.273 e. The Balaban J connectivity index is 1.75. The highest BCUT2D eigenvalue weighted by atomic mass is 35.5. The number of rotatable bonds is 8. The van der Waals surface area contributed by atoms with Crippen molar-refractivity contribution in [3.63, 3.8) is 0 Å². The van der Waals surface area contributed by atoms with E-state index in [-0.39, 0.29) is 21.9 Å². The van der Waals surface area contributed by atoms with Gasteiger partial charge in [0.1, 0.15) is 5.82 Å². The molecule has 3 aromatic rings. The molecule has 0 aromatic heterocycles. The van der Waals surface area contributed by atoms with Crippen LogP contribution in [0.5, 0.6) is 0 Å². The van der Waals surface area contributed by atoms with Gasteiger partial charge >= 0.3 is 0 Å². The van der Waals surface area contributed by atoms with E-state index in [0.717, 1.165) is 11.8 Å². The maximum atomic E-state index is 13.8. The van der Waals surface area contributed by atoms with Gasteiger partial charge in [-0.3, -0.25) is 4.79 Å². The number of nitrogens with one attached hydrogen (secondary N) is 2. The lowest BCUT2D eigenvalue weighted by Crippen LogP contribution is -2.32. The molecule has 32 heavy (non-hydrogen) atoms. The summed E-state index contributed by atoms with van der Waals surface area (Å²) in [5.74, 6) is -1.14. The summed E-state index contributed by atoms with van der Waals surface area (Å²) in [6.07, 6.45) is 0.876. The number of halogens is 2. The van der Waals surface area contributed by atoms with Crippen LogP contribution in [0.3, 0.4) is 0 Å². The summed E-state index contributed by atoms with van der Waals surface area (Å²) in [7, 11) is -3.88. The molecular formula is C23H21ClFN3O3S. The highest BCUT2D eigenvalue weighted by Gasteiger charge is 2.23. The van der Waals surface area contributed by atoms with Crippen molar-refractivity contribution in [2.45, 2.75) is 24.3 Å². The van der Waals surface area contributed by atoms with Crippen molar-refractivity contribution in [3.8, 4) is 0 Å². The molecule has 0 aliphatic carbocycles. The Labute approximate surface area is 191 Å². The second-order valence-electron chi connectivity index (χ2n) is 7.03. The third kappa shape index (κ3) is 6.23. The molecule has 0 bridgehead atoms. The second kappa shape index (κ2) is 10.5. The number of hydrogen-bond acceptors (Lipinski definition) is 4. The van der Waals surface area contributed by atoms with Gasteiger partial charge < -0.3 is 0 Å². The van der Waals surface area contributed by atoms with Gasteiger partial charge in [-0.2, -0.15) is 5.10 Å². The highest BCUT2D eigenvalue weighted by Crippen LogP contribution is 2.21. The Bertz CT molecular complexity index is 1200. The van der Waals surface area contributed by atoms with Gasteiger partial charge in [0.25, 0.3) is 0 Å². The number of carbonyl (C=O) groups is 1. The van der Waals surface area contributed by atoms with E-state index >= 15 is 0 Å². The Hall–Kier alpha value is -3.07. The van der Waals surface area contributed by atoms with Crippen molar-refractivity contribution < 1.29 is 17.6 Å². The van der Waals surface area contributed by atoms with E-state index in [2.05, 4.69) is 15.2 Å². The van der Waals surface area contributed by atoms with Gasteiger partial charge in [-0.05, 0) is 36.8 Å². The molecule has 0 fully saturated rings. The van der Waals surface area contributed by atoms with Gasteiger partial charge in [-0.15, -0.1) is 0 Å². The van der Waals surface area contributed by atoms with Gasteiger partial charge in [0.2, 0.25) is 15.9 Å². The van der Waals surface area contributed by atoms with Crippen LogP contribution in [-0.4, -0.2) is 20.5 Å². The molecule has 1 amide bonds. The number of nitrogens with zero attached hydrogens (tertiary/aromatic N) is 1. The van der Waals surface area contributed by atoms with Crippen LogP contribution in [0.25, 0.3) is 0 Å². The van der Waals surface area contributed by atoms with Crippen LogP contribution in [0, 0.1) is 12.7 Å². The van der Waals surface area contributed by atoms with Gasteiger partial charge in [-0.25, -0.2) is 23.0 Å². The number of carbonyl (C=O) groups excluding carboxylic acids is 1. The molecule has 0 radical (unpaired) electrons. The average Bonchev–Trinajstić information content (AvgIpc) is 2.76. The van der Waals surface area contributed by atoms with E-state index in [0.29, 0.717) is 5.56 Å². The minimum Gasteiger partial charge on any atom is -0.273 e. The Morgan fingerprint density at radius 3 is 2.41 bits per heavy atom. The molecule has 166 valence electrons. The number of hydrogen-bond donors (Lipinski definition) is 2. The Kier molecular flexibility index (Phi) is 7.74. The monoisotopic (exact) mass is 473 g/mol. The molecule has 0 heterocycles. The molecule has 0 spiro atoms. The number of sulfonamides is 1. The quantitative estimate of drug-likeness (QED) is 0.376. The molecular weight excluding hydrogens is 453 g/mol. The van der Waals surface area contributed by atoms with Crippen LogP contribution in [0.1, 0.15) is 29.2 Å². The first-order valence-electron chi connectivity index (χ1n) is 9.66. The minimum atomic E-state index is -3.88. The summed E-state index contributed by atoms with van der Waals surface area (Å²) >= 11 is 5.93. The zero-order valence-corrected chi connectivity index (χ0v) is 18.7. The summed E-state index contributed by atoms with van der Waals surface area (Å²) in [6, 6.07) is 18.5. The van der Waals surface area contributed by atoms with Crippen LogP contribution in [0.4, 0.5) is 4.39 Å². The molecule has 6 nitrogen and oxygen atoms in total. The second-order valence-corrected chi connectivity index (χ2v) is 9.15. The van der Waals surface area contributed by atoms with Crippen LogP contribution in [0.15, 0.2) is 82.8 Å². The molecule has 1 atom stereocenters. The van der Waals surface area contributed by atoms with Gasteiger partial charge in [0.15, 0.2) is 0 Å². The fraction of sp³-hybridized carbons (Fsp3) is 0.130. The molecule has 9 heteroatoms.